The van der Waals surface area contributed by atoms with Gasteiger partial charge in [0.05, 0.1) is 18.6 Å². The quantitative estimate of drug-likeness (QED) is 0.0803. The van der Waals surface area contributed by atoms with E-state index in [1.807, 2.05) is 5.32 Å². The number of nitrogens with two attached hydrogens (primary N) is 1. The zero-order valence-corrected chi connectivity index (χ0v) is 23.7. The number of nitrogens with one attached hydrogen (secondary N) is 4. The molecule has 0 radical (unpaired) electrons. The Morgan fingerprint density at radius 1 is 0.900 bits per heavy atom. The molecule has 5 amide bonds. The minimum Gasteiger partial charge on any atom is -0.481 e. The molecule has 1 rings (SSSR count). The Hall–Kier alpha value is -3.09. The van der Waals surface area contributed by atoms with Gasteiger partial charge in [0, 0.05) is 18.1 Å². The predicted molar refractivity (Wildman–Crippen MR) is 145 cm³/mol. The SMILES string of the molecule is C[C@H](NC(=O)[C@@H]1CCCN1C(=O)[C@@H](NC(=O)[C@H](CS)NC(=O)[C@@H](N)CS)[C@@H](C)O)C(=O)N[C@@H](CC(=O)O)C(=O)O. The molecule has 226 valence electrons. The van der Waals surface area contributed by atoms with Gasteiger partial charge in [0.1, 0.15) is 30.2 Å². The second-order valence-corrected chi connectivity index (χ2v) is 9.91. The number of aliphatic hydroxyl groups excluding tert-OH is 1. The van der Waals surface area contributed by atoms with Crippen molar-refractivity contribution >= 4 is 66.7 Å². The third-order valence-corrected chi connectivity index (χ3v) is 6.74. The highest BCUT2D eigenvalue weighted by Crippen LogP contribution is 2.20. The summed E-state index contributed by atoms with van der Waals surface area (Å²) in [4.78, 5) is 86.6. The first-order chi connectivity index (χ1) is 18.6. The number of carbonyl (C=O) groups excluding carboxylic acids is 5. The number of aliphatic hydroxyl groups is 1. The molecule has 0 spiro atoms. The van der Waals surface area contributed by atoms with E-state index >= 15 is 0 Å². The fourth-order valence-corrected chi connectivity index (χ4v) is 4.15. The molecule has 0 aromatic heterocycles. The monoisotopic (exact) mass is 608 g/mol. The molecule has 0 aromatic rings. The highest BCUT2D eigenvalue weighted by molar-refractivity contribution is 7.80. The topological polar surface area (TPSA) is 258 Å². The molecule has 9 N–H and O–H groups in total. The highest BCUT2D eigenvalue weighted by Gasteiger charge is 2.40. The second kappa shape index (κ2) is 16.2. The van der Waals surface area contributed by atoms with E-state index < -0.39 is 90.3 Å². The van der Waals surface area contributed by atoms with Gasteiger partial charge < -0.3 is 47.2 Å². The van der Waals surface area contributed by atoms with Crippen molar-refractivity contribution in [1.82, 2.24) is 26.2 Å². The van der Waals surface area contributed by atoms with Crippen molar-refractivity contribution in [2.24, 2.45) is 5.73 Å². The number of amides is 5. The van der Waals surface area contributed by atoms with Crippen molar-refractivity contribution in [2.45, 2.75) is 75.5 Å². The normalized spacial score (nSPS) is 19.2. The zero-order valence-electron chi connectivity index (χ0n) is 21.9. The summed E-state index contributed by atoms with van der Waals surface area (Å²) in [5, 5.41) is 37.3. The van der Waals surface area contributed by atoms with Crippen LogP contribution in [0, 0.1) is 0 Å². The number of likely N-dealkylation sites (tertiary alicyclic amines) is 1. The van der Waals surface area contributed by atoms with E-state index in [4.69, 9.17) is 15.9 Å². The second-order valence-electron chi connectivity index (χ2n) is 9.18. The number of hydrogen-bond acceptors (Lipinski definition) is 11. The van der Waals surface area contributed by atoms with Crippen molar-refractivity contribution in [3.63, 3.8) is 0 Å². The summed E-state index contributed by atoms with van der Waals surface area (Å²) in [7, 11) is 0. The fourth-order valence-electron chi connectivity index (χ4n) is 3.73. The number of rotatable bonds is 15. The van der Waals surface area contributed by atoms with Gasteiger partial charge in [0.15, 0.2) is 0 Å². The standard InChI is InChI=1S/C22H36N6O10S2/c1-9(17(32)25-12(22(37)38)6-15(30)31)24-20(35)14-4-3-5-28(14)21(36)16(10(2)29)27-19(34)13(8-40)26-18(33)11(23)7-39/h9-14,16,29,39-40H,3-8,23H2,1-2H3,(H,24,35)(H,25,32)(H,26,33)(H,27,34)(H,30,31)(H,37,38)/t9-,10+,11-,12-,13-,14-,16-/m0/s1. The summed E-state index contributed by atoms with van der Waals surface area (Å²) in [5.74, 6) is -7.15. The van der Waals surface area contributed by atoms with Crippen LogP contribution in [-0.2, 0) is 33.6 Å². The largest absolute Gasteiger partial charge is 0.481 e. The number of thiol groups is 2. The first kappa shape index (κ1) is 34.9. The number of hydrogen-bond donors (Lipinski definition) is 10. The molecule has 0 bridgehead atoms. The van der Waals surface area contributed by atoms with E-state index in [9.17, 15) is 38.7 Å². The van der Waals surface area contributed by atoms with Gasteiger partial charge in [-0.05, 0) is 26.7 Å². The summed E-state index contributed by atoms with van der Waals surface area (Å²) in [6.45, 7) is 2.60. The van der Waals surface area contributed by atoms with Crippen LogP contribution >= 0.6 is 25.3 Å². The van der Waals surface area contributed by atoms with Gasteiger partial charge >= 0.3 is 11.9 Å². The van der Waals surface area contributed by atoms with E-state index in [1.165, 1.54) is 13.8 Å². The molecule has 1 aliphatic heterocycles. The Balaban J connectivity index is 2.92. The predicted octanol–water partition coefficient (Wildman–Crippen LogP) is -3.94. The van der Waals surface area contributed by atoms with Crippen LogP contribution in [0.5, 0.6) is 0 Å². The average Bonchev–Trinajstić information content (AvgIpc) is 3.38. The van der Waals surface area contributed by atoms with Crippen LogP contribution in [0.1, 0.15) is 33.1 Å². The molecule has 1 aliphatic rings. The van der Waals surface area contributed by atoms with Crippen LogP contribution in [0.15, 0.2) is 0 Å². The minimum atomic E-state index is -1.72. The maximum Gasteiger partial charge on any atom is 0.326 e. The van der Waals surface area contributed by atoms with E-state index in [0.717, 1.165) is 4.90 Å². The Morgan fingerprint density at radius 2 is 1.50 bits per heavy atom. The van der Waals surface area contributed by atoms with Crippen molar-refractivity contribution in [1.29, 1.82) is 0 Å². The van der Waals surface area contributed by atoms with Gasteiger partial charge in [-0.2, -0.15) is 25.3 Å². The van der Waals surface area contributed by atoms with Crippen LogP contribution in [0.4, 0.5) is 0 Å². The maximum atomic E-state index is 13.3. The highest BCUT2D eigenvalue weighted by atomic mass is 32.1. The van der Waals surface area contributed by atoms with Gasteiger partial charge in [-0.25, -0.2) is 4.79 Å². The smallest absolute Gasteiger partial charge is 0.326 e. The lowest BCUT2D eigenvalue weighted by Gasteiger charge is -2.31. The Labute approximate surface area is 241 Å². The Kier molecular flexibility index (Phi) is 14.2. The minimum absolute atomic E-state index is 0.0166. The molecule has 0 aliphatic carbocycles. The van der Waals surface area contributed by atoms with Crippen LogP contribution in [0.2, 0.25) is 0 Å². The number of carbonyl (C=O) groups is 7. The van der Waals surface area contributed by atoms with E-state index in [2.05, 4.69) is 41.2 Å². The van der Waals surface area contributed by atoms with E-state index in [1.54, 1.807) is 0 Å². The van der Waals surface area contributed by atoms with Gasteiger partial charge in [-0.1, -0.05) is 0 Å². The third-order valence-electron chi connectivity index (χ3n) is 5.98. The molecular weight excluding hydrogens is 572 g/mol. The first-order valence-corrected chi connectivity index (χ1v) is 13.5. The molecule has 7 atom stereocenters. The summed E-state index contributed by atoms with van der Waals surface area (Å²) in [6, 6.07) is -7.76. The summed E-state index contributed by atoms with van der Waals surface area (Å²) in [5.41, 5.74) is 5.59. The number of carboxylic acids is 2. The van der Waals surface area contributed by atoms with Crippen LogP contribution in [0.25, 0.3) is 0 Å². The Morgan fingerprint density at radius 3 is 2.00 bits per heavy atom. The molecule has 0 saturated carbocycles. The lowest BCUT2D eigenvalue weighted by Crippen LogP contribution is -2.61. The molecule has 1 saturated heterocycles. The summed E-state index contributed by atoms with van der Waals surface area (Å²) < 4.78 is 0. The molecule has 40 heavy (non-hydrogen) atoms. The summed E-state index contributed by atoms with van der Waals surface area (Å²) in [6.07, 6.45) is -1.69. The molecule has 1 fully saturated rings. The zero-order chi connectivity index (χ0) is 30.7. The Bertz CT molecular complexity index is 984. The maximum absolute atomic E-state index is 13.3. The van der Waals surface area contributed by atoms with Crippen molar-refractivity contribution in [2.75, 3.05) is 18.1 Å². The molecule has 0 aromatic carbocycles. The average molecular weight is 609 g/mol. The van der Waals surface area contributed by atoms with Crippen LogP contribution < -0.4 is 27.0 Å². The van der Waals surface area contributed by atoms with Crippen molar-refractivity contribution < 1.29 is 48.9 Å². The van der Waals surface area contributed by atoms with Gasteiger partial charge in [0.2, 0.25) is 29.5 Å². The molecule has 1 heterocycles. The molecular formula is C22H36N6O10S2. The molecule has 0 unspecified atom stereocenters. The van der Waals surface area contributed by atoms with Crippen molar-refractivity contribution in [3.05, 3.63) is 0 Å². The number of nitrogens with zero attached hydrogens (tertiary/aromatic N) is 1. The first-order valence-electron chi connectivity index (χ1n) is 12.3. The summed E-state index contributed by atoms with van der Waals surface area (Å²) >= 11 is 7.96. The van der Waals surface area contributed by atoms with Gasteiger partial charge in [0.25, 0.3) is 0 Å². The molecule has 18 heteroatoms. The number of aliphatic carboxylic acids is 2. The van der Waals surface area contributed by atoms with Crippen LogP contribution in [0.3, 0.4) is 0 Å². The molecule has 16 nitrogen and oxygen atoms in total. The van der Waals surface area contributed by atoms with Gasteiger partial charge in [-0.15, -0.1) is 0 Å². The van der Waals surface area contributed by atoms with E-state index in [0.29, 0.717) is 6.42 Å². The lowest BCUT2D eigenvalue weighted by molar-refractivity contribution is -0.147. The third kappa shape index (κ3) is 10.1. The van der Waals surface area contributed by atoms with E-state index in [-0.39, 0.29) is 24.5 Å². The van der Waals surface area contributed by atoms with Crippen molar-refractivity contribution in [3.8, 4) is 0 Å². The van der Waals surface area contributed by atoms with Crippen LogP contribution in [-0.4, -0.2) is 122 Å². The fraction of sp³-hybridized carbons (Fsp3) is 0.682. The number of carboxylic acid groups (broad SMARTS) is 2. The van der Waals surface area contributed by atoms with Gasteiger partial charge in [-0.3, -0.25) is 28.8 Å². The lowest BCUT2D eigenvalue weighted by atomic mass is 10.1.